The molecule has 2 fully saturated rings. The summed E-state index contributed by atoms with van der Waals surface area (Å²) in [6.45, 7) is 15.7. The van der Waals surface area contributed by atoms with Crippen LogP contribution in [0.4, 0.5) is 0 Å². The van der Waals surface area contributed by atoms with E-state index in [-0.39, 0.29) is 0 Å². The van der Waals surface area contributed by atoms with Gasteiger partial charge in [0.05, 0.1) is 0 Å². The smallest absolute Gasteiger partial charge is 0.0224 e. The van der Waals surface area contributed by atoms with Gasteiger partial charge in [-0.2, -0.15) is 0 Å². The fourth-order valence-electron chi connectivity index (χ4n) is 3.81. The van der Waals surface area contributed by atoms with E-state index in [0.29, 0.717) is 6.04 Å². The molecule has 4 atom stereocenters. The summed E-state index contributed by atoms with van der Waals surface area (Å²) in [5.74, 6) is 0.773. The van der Waals surface area contributed by atoms with Crippen molar-refractivity contribution in [1.82, 2.24) is 15.1 Å². The largest absolute Gasteiger partial charge is 0.312 e. The van der Waals surface area contributed by atoms with Crippen molar-refractivity contribution in [3.8, 4) is 0 Å². The molecule has 0 radical (unpaired) electrons. The third-order valence-electron chi connectivity index (χ3n) is 5.48. The Kier molecular flexibility index (Phi) is 6.31. The Bertz CT molecular complexity index is 281. The molecule has 0 aliphatic carbocycles. The zero-order valence-corrected chi connectivity index (χ0v) is 14.1. The van der Waals surface area contributed by atoms with Crippen LogP contribution >= 0.6 is 0 Å². The molecule has 2 aliphatic rings. The Labute approximate surface area is 126 Å². The third-order valence-corrected chi connectivity index (χ3v) is 5.48. The van der Waals surface area contributed by atoms with Crippen molar-refractivity contribution in [1.29, 1.82) is 0 Å². The van der Waals surface area contributed by atoms with E-state index in [0.717, 1.165) is 24.5 Å². The Balaban J connectivity index is 1.90. The maximum Gasteiger partial charge on any atom is 0.0224 e. The summed E-state index contributed by atoms with van der Waals surface area (Å²) in [7, 11) is 0. The van der Waals surface area contributed by atoms with Gasteiger partial charge < -0.3 is 5.32 Å². The maximum absolute atomic E-state index is 3.79. The molecule has 2 heterocycles. The van der Waals surface area contributed by atoms with Crippen LogP contribution in [0.2, 0.25) is 0 Å². The molecule has 2 aliphatic heterocycles. The van der Waals surface area contributed by atoms with E-state index in [1.165, 1.54) is 51.9 Å². The van der Waals surface area contributed by atoms with Crippen molar-refractivity contribution < 1.29 is 0 Å². The zero-order valence-electron chi connectivity index (χ0n) is 14.1. The van der Waals surface area contributed by atoms with Crippen molar-refractivity contribution in [2.24, 2.45) is 5.92 Å². The standard InChI is InChI=1S/C17H35N3/c1-5-9-18-17(14(3)6-2)13-20-12-16-8-7-10-19(16)11-15(20)4/h14-18H,5-13H2,1-4H3. The molecule has 0 spiro atoms. The summed E-state index contributed by atoms with van der Waals surface area (Å²) in [4.78, 5) is 5.48. The first-order valence-electron chi connectivity index (χ1n) is 8.87. The first-order valence-corrected chi connectivity index (χ1v) is 8.87. The second-order valence-electron chi connectivity index (χ2n) is 7.04. The van der Waals surface area contributed by atoms with E-state index in [2.05, 4.69) is 42.8 Å². The average Bonchev–Trinajstić information content (AvgIpc) is 2.89. The minimum atomic E-state index is 0.662. The summed E-state index contributed by atoms with van der Waals surface area (Å²) in [6.07, 6.45) is 5.34. The molecular weight excluding hydrogens is 246 g/mol. The number of nitrogens with zero attached hydrogens (tertiary/aromatic N) is 2. The summed E-state index contributed by atoms with van der Waals surface area (Å²) >= 11 is 0. The molecule has 0 amide bonds. The summed E-state index contributed by atoms with van der Waals surface area (Å²) in [5.41, 5.74) is 0. The predicted octanol–water partition coefficient (Wildman–Crippen LogP) is 2.57. The van der Waals surface area contributed by atoms with Gasteiger partial charge in [0, 0.05) is 37.8 Å². The molecule has 2 saturated heterocycles. The van der Waals surface area contributed by atoms with Crippen LogP contribution in [0.1, 0.15) is 53.4 Å². The predicted molar refractivity (Wildman–Crippen MR) is 87.2 cm³/mol. The highest BCUT2D eigenvalue weighted by atomic mass is 15.3. The lowest BCUT2D eigenvalue weighted by Gasteiger charge is -2.44. The Morgan fingerprint density at radius 1 is 1.25 bits per heavy atom. The van der Waals surface area contributed by atoms with Crippen LogP contribution in [-0.4, -0.2) is 60.6 Å². The van der Waals surface area contributed by atoms with Crippen LogP contribution in [0.5, 0.6) is 0 Å². The Morgan fingerprint density at radius 3 is 2.75 bits per heavy atom. The fourth-order valence-corrected chi connectivity index (χ4v) is 3.81. The van der Waals surface area contributed by atoms with Crippen molar-refractivity contribution >= 4 is 0 Å². The number of hydrogen-bond acceptors (Lipinski definition) is 3. The van der Waals surface area contributed by atoms with E-state index in [9.17, 15) is 0 Å². The summed E-state index contributed by atoms with van der Waals surface area (Å²) < 4.78 is 0. The number of nitrogens with one attached hydrogen (secondary N) is 1. The molecule has 0 aromatic rings. The average molecular weight is 281 g/mol. The third kappa shape index (κ3) is 3.96. The lowest BCUT2D eigenvalue weighted by Crippen LogP contribution is -2.58. The molecule has 0 aromatic heterocycles. The first-order chi connectivity index (χ1) is 9.65. The molecule has 3 heteroatoms. The molecule has 0 bridgehead atoms. The van der Waals surface area contributed by atoms with E-state index >= 15 is 0 Å². The minimum Gasteiger partial charge on any atom is -0.312 e. The second kappa shape index (κ2) is 7.77. The monoisotopic (exact) mass is 281 g/mol. The molecule has 4 unspecified atom stereocenters. The van der Waals surface area contributed by atoms with Crippen molar-refractivity contribution in [2.75, 3.05) is 32.7 Å². The van der Waals surface area contributed by atoms with E-state index < -0.39 is 0 Å². The second-order valence-corrected chi connectivity index (χ2v) is 7.04. The van der Waals surface area contributed by atoms with Crippen LogP contribution in [0, 0.1) is 5.92 Å². The van der Waals surface area contributed by atoms with Crippen LogP contribution in [-0.2, 0) is 0 Å². The van der Waals surface area contributed by atoms with E-state index in [4.69, 9.17) is 0 Å². The maximum atomic E-state index is 3.79. The number of piperazine rings is 1. The summed E-state index contributed by atoms with van der Waals surface area (Å²) in [6, 6.07) is 2.23. The molecule has 118 valence electrons. The Morgan fingerprint density at radius 2 is 2.05 bits per heavy atom. The van der Waals surface area contributed by atoms with Crippen LogP contribution in [0.15, 0.2) is 0 Å². The zero-order chi connectivity index (χ0) is 14.5. The summed E-state index contributed by atoms with van der Waals surface area (Å²) in [5, 5.41) is 3.79. The van der Waals surface area contributed by atoms with Gasteiger partial charge in [-0.25, -0.2) is 0 Å². The Hall–Kier alpha value is -0.120. The number of hydrogen-bond donors (Lipinski definition) is 1. The van der Waals surface area contributed by atoms with Crippen LogP contribution < -0.4 is 5.32 Å². The van der Waals surface area contributed by atoms with Crippen molar-refractivity contribution in [3.05, 3.63) is 0 Å². The van der Waals surface area contributed by atoms with Crippen LogP contribution in [0.25, 0.3) is 0 Å². The van der Waals surface area contributed by atoms with Crippen molar-refractivity contribution in [2.45, 2.75) is 71.5 Å². The SMILES string of the molecule is CCCNC(CN1CC2CCCN2CC1C)C(C)CC. The van der Waals surface area contributed by atoms with Gasteiger partial charge in [-0.15, -0.1) is 0 Å². The topological polar surface area (TPSA) is 18.5 Å². The molecule has 0 aromatic carbocycles. The first kappa shape index (κ1) is 16.3. The van der Waals surface area contributed by atoms with Crippen LogP contribution in [0.3, 0.4) is 0 Å². The van der Waals surface area contributed by atoms with Gasteiger partial charge in [0.2, 0.25) is 0 Å². The van der Waals surface area contributed by atoms with Crippen molar-refractivity contribution in [3.63, 3.8) is 0 Å². The highest BCUT2D eigenvalue weighted by Gasteiger charge is 2.35. The number of fused-ring (bicyclic) bond motifs is 1. The minimum absolute atomic E-state index is 0.662. The number of rotatable bonds is 7. The molecule has 0 saturated carbocycles. The molecule has 1 N–H and O–H groups in total. The van der Waals surface area contributed by atoms with Gasteiger partial charge in [-0.05, 0) is 45.2 Å². The van der Waals surface area contributed by atoms with E-state index in [1.807, 2.05) is 0 Å². The molecule has 20 heavy (non-hydrogen) atoms. The molecule has 3 nitrogen and oxygen atoms in total. The van der Waals surface area contributed by atoms with Gasteiger partial charge in [-0.3, -0.25) is 9.80 Å². The molecule has 2 rings (SSSR count). The lowest BCUT2D eigenvalue weighted by molar-refractivity contribution is 0.0473. The normalized spacial score (nSPS) is 31.2. The van der Waals surface area contributed by atoms with E-state index in [1.54, 1.807) is 0 Å². The highest BCUT2D eigenvalue weighted by molar-refractivity contribution is 4.92. The van der Waals surface area contributed by atoms with Gasteiger partial charge >= 0.3 is 0 Å². The highest BCUT2D eigenvalue weighted by Crippen LogP contribution is 2.25. The van der Waals surface area contributed by atoms with Gasteiger partial charge in [0.25, 0.3) is 0 Å². The fraction of sp³-hybridized carbons (Fsp3) is 1.00. The van der Waals surface area contributed by atoms with Gasteiger partial charge in [0.1, 0.15) is 0 Å². The quantitative estimate of drug-likeness (QED) is 0.774. The van der Waals surface area contributed by atoms with Gasteiger partial charge in [0.15, 0.2) is 0 Å². The van der Waals surface area contributed by atoms with Gasteiger partial charge in [-0.1, -0.05) is 27.2 Å². The molecular formula is C17H35N3. The lowest BCUT2D eigenvalue weighted by atomic mass is 9.97.